The number of esters is 1. The fraction of sp³-hybridized carbons (Fsp3) is 0.333. The lowest BCUT2D eigenvalue weighted by atomic mass is 10.1. The van der Waals surface area contributed by atoms with Crippen molar-refractivity contribution >= 4 is 35.6 Å². The lowest BCUT2D eigenvalue weighted by Gasteiger charge is -2.26. The molecule has 2 aromatic carbocycles. The molecule has 3 rings (SSSR count). The molecule has 6 nitrogen and oxygen atoms in total. The number of fused-ring (bicyclic) bond motifs is 1. The molecular formula is C21H23NO5S2. The Morgan fingerprint density at radius 1 is 1.14 bits per heavy atom. The Hall–Kier alpha value is -2.32. The molecule has 0 saturated carbocycles. The number of hydrogen-bond acceptors (Lipinski definition) is 7. The first kappa shape index (κ1) is 21.4. The Labute approximate surface area is 179 Å². The summed E-state index contributed by atoms with van der Waals surface area (Å²) in [6, 6.07) is 13.5. The van der Waals surface area contributed by atoms with Gasteiger partial charge in [0, 0.05) is 16.9 Å². The van der Waals surface area contributed by atoms with E-state index in [4.69, 9.17) is 14.2 Å². The zero-order chi connectivity index (χ0) is 21.0. The predicted octanol–water partition coefficient (Wildman–Crippen LogP) is 4.47. The Kier molecular flexibility index (Phi) is 6.97. The molecule has 0 N–H and O–H groups in total. The van der Waals surface area contributed by atoms with Crippen molar-refractivity contribution < 1.29 is 23.8 Å². The SMILES string of the molecule is COC(=O)CSC1c2c(OC)cc(OC)cc2C(=O)N1SC(C)c1ccccc1. The van der Waals surface area contributed by atoms with Crippen LogP contribution in [0.2, 0.25) is 0 Å². The van der Waals surface area contributed by atoms with Crippen LogP contribution >= 0.6 is 23.7 Å². The number of nitrogens with zero attached hydrogens (tertiary/aromatic N) is 1. The smallest absolute Gasteiger partial charge is 0.315 e. The summed E-state index contributed by atoms with van der Waals surface area (Å²) in [5.74, 6) is 0.760. The molecule has 0 fully saturated rings. The highest BCUT2D eigenvalue weighted by Crippen LogP contribution is 2.52. The molecule has 0 bridgehead atoms. The van der Waals surface area contributed by atoms with Crippen LogP contribution in [-0.4, -0.2) is 43.3 Å². The monoisotopic (exact) mass is 433 g/mol. The Morgan fingerprint density at radius 2 is 1.86 bits per heavy atom. The second-order valence-corrected chi connectivity index (χ2v) is 8.70. The molecular weight excluding hydrogens is 410 g/mol. The number of methoxy groups -OCH3 is 3. The summed E-state index contributed by atoms with van der Waals surface area (Å²) in [4.78, 5) is 25.1. The number of carbonyl (C=O) groups is 2. The van der Waals surface area contributed by atoms with Gasteiger partial charge in [0.25, 0.3) is 5.91 Å². The maximum Gasteiger partial charge on any atom is 0.315 e. The minimum atomic E-state index is -0.381. The van der Waals surface area contributed by atoms with Crippen LogP contribution < -0.4 is 9.47 Å². The van der Waals surface area contributed by atoms with Crippen LogP contribution in [0.5, 0.6) is 11.5 Å². The van der Waals surface area contributed by atoms with Crippen LogP contribution in [0.15, 0.2) is 42.5 Å². The lowest BCUT2D eigenvalue weighted by molar-refractivity contribution is -0.137. The summed E-state index contributed by atoms with van der Waals surface area (Å²) < 4.78 is 17.4. The van der Waals surface area contributed by atoms with Crippen LogP contribution in [0.1, 0.15) is 39.0 Å². The topological polar surface area (TPSA) is 65.1 Å². The summed E-state index contributed by atoms with van der Waals surface area (Å²) in [5, 5.41) is -0.336. The van der Waals surface area contributed by atoms with Gasteiger partial charge >= 0.3 is 5.97 Å². The molecule has 1 heterocycles. The standard InChI is InChI=1S/C21H23NO5S2/c1-13(14-8-6-5-7-9-14)29-22-20(24)16-10-15(25-2)11-17(26-3)19(16)21(22)28-12-18(23)27-4/h5-11,13,21H,12H2,1-4H3. The number of rotatable bonds is 8. The Balaban J connectivity index is 1.97. The lowest BCUT2D eigenvalue weighted by Crippen LogP contribution is -2.21. The van der Waals surface area contributed by atoms with Crippen molar-refractivity contribution in [1.29, 1.82) is 0 Å². The highest BCUT2D eigenvalue weighted by atomic mass is 32.2. The van der Waals surface area contributed by atoms with E-state index in [0.29, 0.717) is 17.1 Å². The third-order valence-electron chi connectivity index (χ3n) is 4.59. The van der Waals surface area contributed by atoms with Crippen molar-refractivity contribution in [3.8, 4) is 11.5 Å². The summed E-state index contributed by atoms with van der Waals surface area (Å²) in [6.07, 6.45) is 0. The van der Waals surface area contributed by atoms with E-state index in [1.54, 1.807) is 30.7 Å². The van der Waals surface area contributed by atoms with Gasteiger partial charge in [-0.15, -0.1) is 11.8 Å². The zero-order valence-corrected chi connectivity index (χ0v) is 18.3. The van der Waals surface area contributed by atoms with Gasteiger partial charge in [0.1, 0.15) is 16.9 Å². The molecule has 8 heteroatoms. The van der Waals surface area contributed by atoms with E-state index in [0.717, 1.165) is 11.1 Å². The predicted molar refractivity (Wildman–Crippen MR) is 115 cm³/mol. The van der Waals surface area contributed by atoms with E-state index >= 15 is 0 Å². The fourth-order valence-corrected chi connectivity index (χ4v) is 5.49. The average molecular weight is 434 g/mol. The first-order valence-electron chi connectivity index (χ1n) is 8.99. The number of amides is 1. The quantitative estimate of drug-likeness (QED) is 0.449. The van der Waals surface area contributed by atoms with Crippen molar-refractivity contribution in [3.63, 3.8) is 0 Å². The third kappa shape index (κ3) is 4.48. The second-order valence-electron chi connectivity index (χ2n) is 6.32. The van der Waals surface area contributed by atoms with Crippen LogP contribution in [0.4, 0.5) is 0 Å². The van der Waals surface area contributed by atoms with Gasteiger partial charge in [-0.25, -0.2) is 0 Å². The molecule has 0 radical (unpaired) electrons. The van der Waals surface area contributed by atoms with Gasteiger partial charge in [0.05, 0.1) is 32.6 Å². The van der Waals surface area contributed by atoms with Crippen molar-refractivity contribution in [2.75, 3.05) is 27.1 Å². The Morgan fingerprint density at radius 3 is 2.48 bits per heavy atom. The number of benzene rings is 2. The molecule has 2 atom stereocenters. The highest BCUT2D eigenvalue weighted by molar-refractivity contribution is 8.02. The minimum Gasteiger partial charge on any atom is -0.497 e. The van der Waals surface area contributed by atoms with Crippen LogP contribution in [0.3, 0.4) is 0 Å². The maximum absolute atomic E-state index is 13.3. The number of carbonyl (C=O) groups excluding carboxylic acids is 2. The molecule has 1 aliphatic rings. The minimum absolute atomic E-state index is 0.0450. The molecule has 154 valence electrons. The van der Waals surface area contributed by atoms with Gasteiger partial charge in [-0.3, -0.25) is 13.9 Å². The second kappa shape index (κ2) is 9.45. The van der Waals surface area contributed by atoms with Crippen LogP contribution in [-0.2, 0) is 9.53 Å². The van der Waals surface area contributed by atoms with Gasteiger partial charge in [0.15, 0.2) is 0 Å². The molecule has 0 spiro atoms. The number of hydrogen-bond donors (Lipinski definition) is 0. The molecule has 29 heavy (non-hydrogen) atoms. The van der Waals surface area contributed by atoms with E-state index in [-0.39, 0.29) is 28.3 Å². The first-order chi connectivity index (χ1) is 14.0. The van der Waals surface area contributed by atoms with Crippen LogP contribution in [0, 0.1) is 0 Å². The molecule has 0 aromatic heterocycles. The summed E-state index contributed by atoms with van der Waals surface area (Å²) >= 11 is 2.78. The molecule has 1 amide bonds. The fourth-order valence-electron chi connectivity index (χ4n) is 3.08. The molecule has 0 aliphatic carbocycles. The molecule has 1 aliphatic heterocycles. The van der Waals surface area contributed by atoms with Gasteiger partial charge < -0.3 is 14.2 Å². The van der Waals surface area contributed by atoms with Crippen LogP contribution in [0.25, 0.3) is 0 Å². The number of thioether (sulfide) groups is 1. The summed E-state index contributed by atoms with van der Waals surface area (Å²) in [7, 11) is 4.46. The van der Waals surface area contributed by atoms with Crippen molar-refractivity contribution in [3.05, 3.63) is 59.2 Å². The van der Waals surface area contributed by atoms with Crippen molar-refractivity contribution in [1.82, 2.24) is 4.31 Å². The van der Waals surface area contributed by atoms with Crippen molar-refractivity contribution in [2.45, 2.75) is 17.5 Å². The van der Waals surface area contributed by atoms with Gasteiger partial charge in [-0.2, -0.15) is 0 Å². The highest BCUT2D eigenvalue weighted by Gasteiger charge is 2.42. The first-order valence-corrected chi connectivity index (χ1v) is 10.9. The molecule has 0 saturated heterocycles. The van der Waals surface area contributed by atoms with Gasteiger partial charge in [-0.05, 0) is 30.5 Å². The van der Waals surface area contributed by atoms with E-state index in [1.165, 1.54) is 30.8 Å². The van der Waals surface area contributed by atoms with E-state index in [9.17, 15) is 9.59 Å². The van der Waals surface area contributed by atoms with E-state index < -0.39 is 0 Å². The summed E-state index contributed by atoms with van der Waals surface area (Å²) in [5.41, 5.74) is 2.39. The largest absolute Gasteiger partial charge is 0.497 e. The van der Waals surface area contributed by atoms with Crippen molar-refractivity contribution in [2.24, 2.45) is 0 Å². The molecule has 2 aromatic rings. The van der Waals surface area contributed by atoms with Gasteiger partial charge in [0.2, 0.25) is 0 Å². The van der Waals surface area contributed by atoms with E-state index in [1.807, 2.05) is 30.3 Å². The third-order valence-corrected chi connectivity index (χ3v) is 7.08. The Bertz CT molecular complexity index is 890. The molecule has 2 unspecified atom stereocenters. The zero-order valence-electron chi connectivity index (χ0n) is 16.7. The normalized spacial score (nSPS) is 16.3. The number of ether oxygens (including phenoxy) is 3. The summed E-state index contributed by atoms with van der Waals surface area (Å²) in [6.45, 7) is 2.05. The average Bonchev–Trinajstić information content (AvgIpc) is 3.02. The van der Waals surface area contributed by atoms with Gasteiger partial charge in [-0.1, -0.05) is 30.3 Å². The van der Waals surface area contributed by atoms with E-state index in [2.05, 4.69) is 6.92 Å². The maximum atomic E-state index is 13.3.